The van der Waals surface area contributed by atoms with Crippen molar-refractivity contribution >= 4 is 34.6 Å². The van der Waals surface area contributed by atoms with Crippen molar-refractivity contribution in [3.8, 4) is 5.75 Å². The van der Waals surface area contributed by atoms with Gasteiger partial charge in [-0.3, -0.25) is 14.4 Å². The highest BCUT2D eigenvalue weighted by Crippen LogP contribution is 2.21. The van der Waals surface area contributed by atoms with E-state index in [2.05, 4.69) is 15.6 Å². The van der Waals surface area contributed by atoms with Crippen LogP contribution in [0.4, 0.5) is 0 Å². The van der Waals surface area contributed by atoms with Gasteiger partial charge in [-0.15, -0.1) is 0 Å². The van der Waals surface area contributed by atoms with Gasteiger partial charge in [0.05, 0.1) is 6.04 Å². The Hall–Kier alpha value is -4.42. The van der Waals surface area contributed by atoms with E-state index in [9.17, 15) is 29.4 Å². The smallest absolute Gasteiger partial charge is 0.326 e. The van der Waals surface area contributed by atoms with Crippen LogP contribution in [-0.2, 0) is 32.0 Å². The van der Waals surface area contributed by atoms with Crippen molar-refractivity contribution in [2.75, 3.05) is 13.1 Å². The van der Waals surface area contributed by atoms with Crippen LogP contribution in [0.1, 0.15) is 43.2 Å². The van der Waals surface area contributed by atoms with Gasteiger partial charge in [0.25, 0.3) is 0 Å². The summed E-state index contributed by atoms with van der Waals surface area (Å²) in [6, 6.07) is 9.67. The fraction of sp³-hybridized carbons (Fsp3) is 0.419. The molecule has 0 spiro atoms. The third-order valence-electron chi connectivity index (χ3n) is 7.85. The molecule has 4 atom stereocenters. The number of nitrogens with one attached hydrogen (secondary N) is 3. The number of rotatable bonds is 14. The first-order valence-corrected chi connectivity index (χ1v) is 14.6. The van der Waals surface area contributed by atoms with Gasteiger partial charge in [0, 0.05) is 36.5 Å². The predicted molar refractivity (Wildman–Crippen MR) is 161 cm³/mol. The molecule has 43 heavy (non-hydrogen) atoms. The van der Waals surface area contributed by atoms with E-state index in [1.54, 1.807) is 18.3 Å². The van der Waals surface area contributed by atoms with Crippen LogP contribution in [0.3, 0.4) is 0 Å². The van der Waals surface area contributed by atoms with Gasteiger partial charge in [0.1, 0.15) is 23.9 Å². The molecule has 12 nitrogen and oxygen atoms in total. The van der Waals surface area contributed by atoms with Crippen LogP contribution >= 0.6 is 0 Å². The van der Waals surface area contributed by atoms with E-state index in [4.69, 9.17) is 11.5 Å². The number of nitrogens with two attached hydrogens (primary N) is 2. The normalized spacial score (nSPS) is 16.9. The summed E-state index contributed by atoms with van der Waals surface area (Å²) >= 11 is 0. The number of aromatic amines is 1. The van der Waals surface area contributed by atoms with Crippen molar-refractivity contribution in [3.63, 3.8) is 0 Å². The molecule has 230 valence electrons. The molecule has 9 N–H and O–H groups in total. The Morgan fingerprint density at radius 2 is 1.74 bits per heavy atom. The highest BCUT2D eigenvalue weighted by atomic mass is 16.4. The number of aromatic nitrogens is 1. The van der Waals surface area contributed by atoms with Crippen molar-refractivity contribution in [1.29, 1.82) is 0 Å². The molecule has 0 saturated carbocycles. The predicted octanol–water partition coefficient (Wildman–Crippen LogP) is 1.16. The minimum absolute atomic E-state index is 0.0257. The second-order valence-electron chi connectivity index (χ2n) is 11.0. The highest BCUT2D eigenvalue weighted by molar-refractivity contribution is 5.95. The fourth-order valence-electron chi connectivity index (χ4n) is 5.49. The summed E-state index contributed by atoms with van der Waals surface area (Å²) < 4.78 is 0. The molecule has 2 heterocycles. The summed E-state index contributed by atoms with van der Waals surface area (Å²) in [6.45, 7) is 0.882. The second-order valence-corrected chi connectivity index (χ2v) is 11.0. The maximum atomic E-state index is 13.6. The summed E-state index contributed by atoms with van der Waals surface area (Å²) in [5.41, 5.74) is 13.9. The summed E-state index contributed by atoms with van der Waals surface area (Å²) in [7, 11) is 0. The number of nitrogens with zero attached hydrogens (tertiary/aromatic N) is 1. The molecule has 0 bridgehead atoms. The number of unbranched alkanes of at least 4 members (excludes halogenated alkanes) is 1. The average molecular weight is 593 g/mol. The van der Waals surface area contributed by atoms with Gasteiger partial charge >= 0.3 is 5.97 Å². The lowest BCUT2D eigenvalue weighted by Gasteiger charge is -2.29. The summed E-state index contributed by atoms with van der Waals surface area (Å²) in [4.78, 5) is 57.0. The van der Waals surface area contributed by atoms with Crippen LogP contribution < -0.4 is 22.1 Å². The number of carbonyl (C=O) groups excluding carboxylic acids is 3. The number of hydrogen-bond donors (Lipinski definition) is 7. The van der Waals surface area contributed by atoms with E-state index in [1.165, 1.54) is 17.0 Å². The SMILES string of the molecule is NCCCCC(N)C(=O)N1CCCC1C(=O)NC(Cc1ccc(O)cc1)C(=O)NC(Cc1c[nH]c2ccccc12)C(=O)O. The van der Waals surface area contributed by atoms with Crippen LogP contribution in [0.15, 0.2) is 54.7 Å². The molecule has 1 aliphatic rings. The lowest BCUT2D eigenvalue weighted by molar-refractivity contribution is -0.143. The Balaban J connectivity index is 1.50. The summed E-state index contributed by atoms with van der Waals surface area (Å²) in [5, 5.41) is 25.9. The third-order valence-corrected chi connectivity index (χ3v) is 7.85. The van der Waals surface area contributed by atoms with Crippen LogP contribution in [0, 0.1) is 0 Å². The number of benzene rings is 2. The highest BCUT2D eigenvalue weighted by Gasteiger charge is 2.38. The number of aromatic hydroxyl groups is 1. The lowest BCUT2D eigenvalue weighted by Crippen LogP contribution is -2.57. The number of carbonyl (C=O) groups is 4. The maximum absolute atomic E-state index is 13.6. The van der Waals surface area contributed by atoms with Crippen molar-refractivity contribution < 1.29 is 29.4 Å². The van der Waals surface area contributed by atoms with Gasteiger partial charge in [-0.1, -0.05) is 36.8 Å². The Morgan fingerprint density at radius 3 is 2.47 bits per heavy atom. The molecule has 1 saturated heterocycles. The number of H-pyrrole nitrogens is 1. The molecule has 4 unspecified atom stereocenters. The van der Waals surface area contributed by atoms with Gasteiger partial charge < -0.3 is 42.2 Å². The number of aliphatic carboxylic acids is 1. The molecule has 3 amide bonds. The van der Waals surface area contributed by atoms with Crippen molar-refractivity contribution in [2.45, 2.75) is 69.1 Å². The number of likely N-dealkylation sites (tertiary alicyclic amines) is 1. The summed E-state index contributed by atoms with van der Waals surface area (Å²) in [5.74, 6) is -2.68. The zero-order chi connectivity index (χ0) is 30.9. The molecule has 2 aromatic carbocycles. The summed E-state index contributed by atoms with van der Waals surface area (Å²) in [6.07, 6.45) is 4.71. The van der Waals surface area contributed by atoms with Crippen LogP contribution in [0.25, 0.3) is 10.9 Å². The van der Waals surface area contributed by atoms with E-state index < -0.39 is 42.0 Å². The van der Waals surface area contributed by atoms with E-state index in [0.717, 1.165) is 22.9 Å². The minimum atomic E-state index is -1.26. The van der Waals surface area contributed by atoms with Gasteiger partial charge in [0.2, 0.25) is 17.7 Å². The van der Waals surface area contributed by atoms with Crippen molar-refractivity contribution in [3.05, 3.63) is 65.9 Å². The molecule has 1 aromatic heterocycles. The first-order chi connectivity index (χ1) is 20.7. The zero-order valence-corrected chi connectivity index (χ0v) is 24.0. The van der Waals surface area contributed by atoms with Crippen molar-refractivity contribution in [2.24, 2.45) is 11.5 Å². The fourth-order valence-corrected chi connectivity index (χ4v) is 5.49. The number of hydrogen-bond acceptors (Lipinski definition) is 7. The van der Waals surface area contributed by atoms with Gasteiger partial charge in [-0.25, -0.2) is 4.79 Å². The van der Waals surface area contributed by atoms with Crippen LogP contribution in [0.5, 0.6) is 5.75 Å². The molecule has 0 aliphatic carbocycles. The first-order valence-electron chi connectivity index (χ1n) is 14.6. The van der Waals surface area contributed by atoms with Gasteiger partial charge in [-0.2, -0.15) is 0 Å². The minimum Gasteiger partial charge on any atom is -0.508 e. The van der Waals surface area contributed by atoms with E-state index >= 15 is 0 Å². The second kappa shape index (κ2) is 14.7. The van der Waals surface area contributed by atoms with E-state index in [1.807, 2.05) is 24.3 Å². The number of carboxylic acid groups (broad SMARTS) is 1. The quantitative estimate of drug-likeness (QED) is 0.135. The lowest BCUT2D eigenvalue weighted by atomic mass is 10.0. The topological polar surface area (TPSA) is 204 Å². The molecular weight excluding hydrogens is 552 g/mol. The third kappa shape index (κ3) is 8.11. The van der Waals surface area contributed by atoms with Gasteiger partial charge in [-0.05, 0) is 61.6 Å². The van der Waals surface area contributed by atoms with Gasteiger partial charge in [0.15, 0.2) is 0 Å². The Bertz CT molecular complexity index is 1420. The van der Waals surface area contributed by atoms with Crippen LogP contribution in [-0.4, -0.2) is 81.0 Å². The molecular formula is C31H40N6O6. The van der Waals surface area contributed by atoms with E-state index in [0.29, 0.717) is 44.3 Å². The zero-order valence-electron chi connectivity index (χ0n) is 24.0. The number of fused-ring (bicyclic) bond motifs is 1. The van der Waals surface area contributed by atoms with E-state index in [-0.39, 0.29) is 24.5 Å². The monoisotopic (exact) mass is 592 g/mol. The van der Waals surface area contributed by atoms with Crippen LogP contribution in [0.2, 0.25) is 0 Å². The standard InChI is InChI=1S/C31H40N6O6/c32-14-4-3-7-23(33)30(41)37-15-5-9-27(37)29(40)35-25(16-19-10-12-21(38)13-11-19)28(39)36-26(31(42)43)17-20-18-34-24-8-2-1-6-22(20)24/h1-2,6,8,10-13,18,23,25-27,34,38H,3-5,7,9,14-17,32-33H2,(H,35,40)(H,36,39)(H,42,43). The maximum Gasteiger partial charge on any atom is 0.326 e. The number of phenols is 1. The van der Waals surface area contributed by atoms with Crippen molar-refractivity contribution in [1.82, 2.24) is 20.5 Å². The molecule has 1 aliphatic heterocycles. The first kappa shape index (κ1) is 31.5. The number of phenolic OH excluding ortho intramolecular Hbond substituents is 1. The molecule has 12 heteroatoms. The average Bonchev–Trinajstić information content (AvgIpc) is 3.65. The molecule has 0 radical (unpaired) electrons. The number of para-hydroxylation sites is 1. The Morgan fingerprint density at radius 1 is 1.00 bits per heavy atom. The Kier molecular flexibility index (Phi) is 10.7. The molecule has 3 aromatic rings. The Labute approximate surface area is 249 Å². The number of amides is 3. The molecule has 1 fully saturated rings. The number of carboxylic acids is 1. The largest absolute Gasteiger partial charge is 0.508 e. The molecule has 4 rings (SSSR count).